The third-order valence-corrected chi connectivity index (χ3v) is 6.12. The molecule has 0 aliphatic heterocycles. The van der Waals surface area contributed by atoms with E-state index in [1.165, 1.54) is 0 Å². The molecule has 47 heavy (non-hydrogen) atoms. The quantitative estimate of drug-likeness (QED) is 0.0479. The van der Waals surface area contributed by atoms with Gasteiger partial charge in [0.1, 0.15) is 24.2 Å². The molecule has 0 radical (unpaired) electrons. The molecule has 22 nitrogen and oxygen atoms in total. The van der Waals surface area contributed by atoms with Gasteiger partial charge < -0.3 is 64.2 Å². The van der Waals surface area contributed by atoms with Crippen LogP contribution in [0.4, 0.5) is 0 Å². The molecule has 0 bridgehead atoms. The van der Waals surface area contributed by atoms with Crippen LogP contribution >= 0.6 is 0 Å². The number of carbonyl (C=O) groups is 10. The molecule has 0 unspecified atom stereocenters. The van der Waals surface area contributed by atoms with Crippen LogP contribution < -0.4 is 43.8 Å². The molecule has 0 aliphatic rings. The van der Waals surface area contributed by atoms with Gasteiger partial charge in [0.25, 0.3) is 0 Å². The highest BCUT2D eigenvalue weighted by Gasteiger charge is 2.33. The van der Waals surface area contributed by atoms with Gasteiger partial charge in [0.15, 0.2) is 0 Å². The Balaban J connectivity index is 5.86. The zero-order valence-corrected chi connectivity index (χ0v) is 25.2. The monoisotopic (exact) mass is 676 g/mol. The summed E-state index contributed by atoms with van der Waals surface area (Å²) in [5, 5.41) is 47.9. The lowest BCUT2D eigenvalue weighted by molar-refractivity contribution is -0.143. The van der Waals surface area contributed by atoms with Crippen LogP contribution in [0.5, 0.6) is 0 Å². The number of aliphatic hydroxyl groups excluding tert-OH is 1. The van der Waals surface area contributed by atoms with Gasteiger partial charge in [-0.25, -0.2) is 4.79 Å². The maximum atomic E-state index is 13.2. The van der Waals surface area contributed by atoms with E-state index in [4.69, 9.17) is 27.4 Å². The van der Waals surface area contributed by atoms with Crippen LogP contribution in [0.1, 0.15) is 51.9 Å². The second-order valence-electron chi connectivity index (χ2n) is 10.2. The topological polar surface area (TPSA) is 390 Å². The minimum atomic E-state index is -1.78. The first-order valence-electron chi connectivity index (χ1n) is 13.9. The molecule has 22 heteroatoms. The second-order valence-corrected chi connectivity index (χ2v) is 10.2. The standard InChI is InChI=1S/C25H40N8O14/c1-10(34)20(33-17(37)9-29-21(42)11(26)8-16(28)36)24(45)31-13(3-6-18(38)39)22(43)30-12(2-5-15(27)35)23(44)32-14(25(46)47)4-7-19(40)41/h10-14,20,34H,2-9,26H2,1H3,(H2,27,35)(H2,28,36)(H,29,42)(H,30,43)(H,31,45)(H,32,44)(H,33,37)(H,38,39)(H,40,41)(H,46,47)/t10-,11+,12+,13+,14+,20+/m1/s1. The Morgan fingerprint density at radius 3 is 1.49 bits per heavy atom. The third kappa shape index (κ3) is 17.6. The Kier molecular flexibility index (Phi) is 18.3. The van der Waals surface area contributed by atoms with Crippen LogP contribution in [-0.2, 0) is 47.9 Å². The van der Waals surface area contributed by atoms with Crippen LogP contribution in [0, 0.1) is 0 Å². The molecule has 7 amide bonds. The maximum Gasteiger partial charge on any atom is 0.326 e. The summed E-state index contributed by atoms with van der Waals surface area (Å²) in [6, 6.07) is -8.29. The number of rotatable bonds is 23. The number of carboxylic acid groups (broad SMARTS) is 3. The van der Waals surface area contributed by atoms with Crippen molar-refractivity contribution in [1.29, 1.82) is 0 Å². The number of carbonyl (C=O) groups excluding carboxylic acids is 7. The van der Waals surface area contributed by atoms with Gasteiger partial charge in [-0.15, -0.1) is 0 Å². The van der Waals surface area contributed by atoms with Gasteiger partial charge in [-0.1, -0.05) is 0 Å². The smallest absolute Gasteiger partial charge is 0.326 e. The lowest BCUT2D eigenvalue weighted by atomic mass is 10.0. The fourth-order valence-corrected chi connectivity index (χ4v) is 3.66. The molecule has 0 heterocycles. The normalized spacial score (nSPS) is 14.4. The Morgan fingerprint density at radius 2 is 1.06 bits per heavy atom. The Morgan fingerprint density at radius 1 is 0.617 bits per heavy atom. The SMILES string of the molecule is C[C@@H](O)[C@H](NC(=O)CNC(=O)[C@@H](N)CC(N)=O)C(=O)N[C@@H](CCC(=O)O)C(=O)N[C@@H](CCC(N)=O)C(=O)N[C@@H](CCC(=O)O)C(=O)O. The van der Waals surface area contributed by atoms with Crippen molar-refractivity contribution in [2.24, 2.45) is 17.2 Å². The molecule has 0 spiro atoms. The lowest BCUT2D eigenvalue weighted by Gasteiger charge is -2.26. The number of amides is 7. The Labute approximate surface area is 266 Å². The molecule has 0 fully saturated rings. The average Bonchev–Trinajstić information content (AvgIpc) is 2.95. The molecule has 0 aromatic heterocycles. The molecule has 0 aromatic rings. The van der Waals surface area contributed by atoms with E-state index in [0.717, 1.165) is 6.92 Å². The first-order valence-corrected chi connectivity index (χ1v) is 13.9. The van der Waals surface area contributed by atoms with Gasteiger partial charge >= 0.3 is 17.9 Å². The molecular formula is C25H40N8O14. The van der Waals surface area contributed by atoms with E-state index in [9.17, 15) is 58.2 Å². The van der Waals surface area contributed by atoms with Crippen molar-refractivity contribution in [2.45, 2.75) is 88.2 Å². The van der Waals surface area contributed by atoms with Gasteiger partial charge in [0.2, 0.25) is 41.4 Å². The van der Waals surface area contributed by atoms with Crippen molar-refractivity contribution >= 4 is 59.3 Å². The number of nitrogens with one attached hydrogen (secondary N) is 5. The molecule has 0 rings (SSSR count). The van der Waals surface area contributed by atoms with E-state index in [-0.39, 0.29) is 0 Å². The van der Waals surface area contributed by atoms with Gasteiger partial charge in [-0.3, -0.25) is 43.2 Å². The molecule has 0 aromatic carbocycles. The summed E-state index contributed by atoms with van der Waals surface area (Å²) in [6.07, 6.45) is -5.63. The van der Waals surface area contributed by atoms with E-state index in [1.807, 2.05) is 5.32 Å². The average molecular weight is 677 g/mol. The number of hydrogen-bond donors (Lipinski definition) is 12. The second kappa shape index (κ2) is 20.6. The van der Waals surface area contributed by atoms with E-state index < -0.39 is 147 Å². The molecule has 0 saturated carbocycles. The van der Waals surface area contributed by atoms with E-state index >= 15 is 0 Å². The van der Waals surface area contributed by atoms with E-state index in [2.05, 4.69) is 21.3 Å². The maximum absolute atomic E-state index is 13.2. The van der Waals surface area contributed by atoms with Crippen molar-refractivity contribution in [2.75, 3.05) is 6.54 Å². The van der Waals surface area contributed by atoms with E-state index in [1.54, 1.807) is 0 Å². The largest absolute Gasteiger partial charge is 0.481 e. The van der Waals surface area contributed by atoms with Crippen molar-refractivity contribution in [1.82, 2.24) is 26.6 Å². The van der Waals surface area contributed by atoms with Crippen LogP contribution in [0.3, 0.4) is 0 Å². The van der Waals surface area contributed by atoms with Gasteiger partial charge in [-0.2, -0.15) is 0 Å². The third-order valence-electron chi connectivity index (χ3n) is 6.12. The minimum absolute atomic E-state index is 0.487. The molecule has 0 saturated heterocycles. The Bertz CT molecular complexity index is 1210. The highest BCUT2D eigenvalue weighted by Crippen LogP contribution is 2.06. The predicted octanol–water partition coefficient (Wildman–Crippen LogP) is -6.30. The summed E-state index contributed by atoms with van der Waals surface area (Å²) in [5.41, 5.74) is 15.5. The number of aliphatic carboxylic acids is 3. The highest BCUT2D eigenvalue weighted by atomic mass is 16.4. The summed E-state index contributed by atoms with van der Waals surface area (Å²) in [7, 11) is 0. The van der Waals surface area contributed by atoms with Crippen LogP contribution in [0.15, 0.2) is 0 Å². The molecule has 6 atom stereocenters. The molecule has 15 N–H and O–H groups in total. The first-order chi connectivity index (χ1) is 21.7. The van der Waals surface area contributed by atoms with Crippen molar-refractivity contribution in [3.05, 3.63) is 0 Å². The zero-order chi connectivity index (χ0) is 36.4. The van der Waals surface area contributed by atoms with Gasteiger partial charge in [0, 0.05) is 19.3 Å². The summed E-state index contributed by atoms with van der Waals surface area (Å²) < 4.78 is 0. The van der Waals surface area contributed by atoms with Gasteiger partial charge in [0.05, 0.1) is 25.1 Å². The number of primary amides is 2. The van der Waals surface area contributed by atoms with Crippen molar-refractivity contribution < 1.29 is 68.4 Å². The molecule has 0 aliphatic carbocycles. The van der Waals surface area contributed by atoms with Crippen LogP contribution in [0.25, 0.3) is 0 Å². The number of carboxylic acids is 3. The van der Waals surface area contributed by atoms with E-state index in [0.29, 0.717) is 0 Å². The molecule has 264 valence electrons. The number of hydrogen-bond acceptors (Lipinski definition) is 12. The fourth-order valence-electron chi connectivity index (χ4n) is 3.66. The summed E-state index contributed by atoms with van der Waals surface area (Å²) >= 11 is 0. The summed E-state index contributed by atoms with van der Waals surface area (Å²) in [5.74, 6) is -11.7. The lowest BCUT2D eigenvalue weighted by Crippen LogP contribution is -2.60. The molecular weight excluding hydrogens is 636 g/mol. The van der Waals surface area contributed by atoms with Gasteiger partial charge in [-0.05, 0) is 26.2 Å². The zero-order valence-electron chi connectivity index (χ0n) is 25.2. The highest BCUT2D eigenvalue weighted by molar-refractivity contribution is 5.96. The Hall–Kier alpha value is -5.38. The van der Waals surface area contributed by atoms with Crippen LogP contribution in [-0.4, -0.2) is 123 Å². The summed E-state index contributed by atoms with van der Waals surface area (Å²) in [4.78, 5) is 119. The minimum Gasteiger partial charge on any atom is -0.481 e. The summed E-state index contributed by atoms with van der Waals surface area (Å²) in [6.45, 7) is 0.302. The van der Waals surface area contributed by atoms with Crippen molar-refractivity contribution in [3.8, 4) is 0 Å². The first kappa shape index (κ1) is 41.6. The predicted molar refractivity (Wildman–Crippen MR) is 154 cm³/mol. The van der Waals surface area contributed by atoms with Crippen molar-refractivity contribution in [3.63, 3.8) is 0 Å². The number of aliphatic hydroxyl groups is 1. The fraction of sp³-hybridized carbons (Fsp3) is 0.600. The number of nitrogens with two attached hydrogens (primary N) is 3. The van der Waals surface area contributed by atoms with Crippen LogP contribution in [0.2, 0.25) is 0 Å².